The van der Waals surface area contributed by atoms with Crippen LogP contribution in [0, 0.1) is 0 Å². The van der Waals surface area contributed by atoms with Crippen LogP contribution in [0.1, 0.15) is 32.3 Å². The Kier molecular flexibility index (Phi) is 5.66. The number of rotatable bonds is 7. The van der Waals surface area contributed by atoms with Crippen molar-refractivity contribution < 1.29 is 0 Å². The van der Waals surface area contributed by atoms with E-state index in [9.17, 15) is 0 Å². The second-order valence-corrected chi connectivity index (χ2v) is 4.87. The van der Waals surface area contributed by atoms with Crippen LogP contribution in [0.15, 0.2) is 29.0 Å². The zero-order chi connectivity index (χ0) is 11.1. The first-order valence-electron chi connectivity index (χ1n) is 5.61. The molecule has 0 aromatic carbocycles. The summed E-state index contributed by atoms with van der Waals surface area (Å²) in [5, 5.41) is 7.93. The number of nitrogens with one attached hydrogen (secondary N) is 1. The van der Waals surface area contributed by atoms with Crippen LogP contribution in [0.2, 0.25) is 0 Å². The fraction of sp³-hybridized carbons (Fsp3) is 0.538. The smallest absolute Gasteiger partial charge is 0.0111 e. The summed E-state index contributed by atoms with van der Waals surface area (Å²) < 4.78 is 0. The van der Waals surface area contributed by atoms with E-state index in [-0.39, 0.29) is 0 Å². The summed E-state index contributed by atoms with van der Waals surface area (Å²) in [6.07, 6.45) is 3.46. The Bertz CT molecular complexity index is 277. The quantitative estimate of drug-likeness (QED) is 0.696. The van der Waals surface area contributed by atoms with Gasteiger partial charge >= 0.3 is 0 Å². The van der Waals surface area contributed by atoms with Gasteiger partial charge in [0.2, 0.25) is 0 Å². The average Bonchev–Trinajstić information content (AvgIpc) is 2.67. The Morgan fingerprint density at radius 3 is 2.93 bits per heavy atom. The van der Waals surface area contributed by atoms with Gasteiger partial charge in [-0.15, -0.1) is 6.58 Å². The molecular weight excluding hydrogens is 202 g/mol. The summed E-state index contributed by atoms with van der Waals surface area (Å²) in [6.45, 7) is 9.28. The molecule has 0 spiro atoms. The van der Waals surface area contributed by atoms with Gasteiger partial charge in [-0.25, -0.2) is 0 Å². The normalized spacial score (nSPS) is 12.7. The lowest BCUT2D eigenvalue weighted by Crippen LogP contribution is -2.30. The summed E-state index contributed by atoms with van der Waals surface area (Å²) in [7, 11) is 0. The SMILES string of the molecule is C=C(C)CCC(Cc1ccsc1)NCC. The van der Waals surface area contributed by atoms with Crippen molar-refractivity contribution in [2.45, 2.75) is 39.2 Å². The molecule has 84 valence electrons. The van der Waals surface area contributed by atoms with Crippen LogP contribution >= 0.6 is 11.3 Å². The van der Waals surface area contributed by atoms with E-state index < -0.39 is 0 Å². The lowest BCUT2D eigenvalue weighted by molar-refractivity contribution is 0.491. The Hall–Kier alpha value is -0.600. The van der Waals surface area contributed by atoms with Gasteiger partial charge in [-0.3, -0.25) is 0 Å². The highest BCUT2D eigenvalue weighted by Gasteiger charge is 2.08. The van der Waals surface area contributed by atoms with Crippen molar-refractivity contribution in [3.8, 4) is 0 Å². The Balaban J connectivity index is 2.39. The number of hydrogen-bond acceptors (Lipinski definition) is 2. The van der Waals surface area contributed by atoms with Gasteiger partial charge in [-0.05, 0) is 55.1 Å². The van der Waals surface area contributed by atoms with E-state index in [0.29, 0.717) is 6.04 Å². The van der Waals surface area contributed by atoms with Crippen LogP contribution in [0.4, 0.5) is 0 Å². The van der Waals surface area contributed by atoms with E-state index in [1.54, 1.807) is 11.3 Å². The summed E-state index contributed by atoms with van der Waals surface area (Å²) in [4.78, 5) is 0. The van der Waals surface area contributed by atoms with E-state index in [0.717, 1.165) is 19.4 Å². The number of hydrogen-bond donors (Lipinski definition) is 1. The maximum absolute atomic E-state index is 3.96. The second-order valence-electron chi connectivity index (χ2n) is 4.09. The third-order valence-corrected chi connectivity index (χ3v) is 3.21. The number of thiophene rings is 1. The molecule has 1 rings (SSSR count). The standard InChI is InChI=1S/C13H21NS/c1-4-14-13(6-5-11(2)3)9-12-7-8-15-10-12/h7-8,10,13-14H,2,4-6,9H2,1,3H3. The lowest BCUT2D eigenvalue weighted by Gasteiger charge is -2.17. The Morgan fingerprint density at radius 1 is 1.60 bits per heavy atom. The van der Waals surface area contributed by atoms with Crippen molar-refractivity contribution in [3.63, 3.8) is 0 Å². The minimum Gasteiger partial charge on any atom is -0.314 e. The molecule has 0 saturated carbocycles. The molecular formula is C13H21NS. The molecule has 0 fully saturated rings. The first-order chi connectivity index (χ1) is 7.22. The van der Waals surface area contributed by atoms with Gasteiger partial charge in [0, 0.05) is 6.04 Å². The summed E-state index contributed by atoms with van der Waals surface area (Å²) in [5.41, 5.74) is 2.73. The van der Waals surface area contributed by atoms with E-state index >= 15 is 0 Å². The highest BCUT2D eigenvalue weighted by Crippen LogP contribution is 2.13. The van der Waals surface area contributed by atoms with Crippen LogP contribution in [0.25, 0.3) is 0 Å². The van der Waals surface area contributed by atoms with Crippen molar-refractivity contribution in [1.29, 1.82) is 0 Å². The Labute approximate surface area is 97.2 Å². The van der Waals surface area contributed by atoms with Gasteiger partial charge in [0.1, 0.15) is 0 Å². The van der Waals surface area contributed by atoms with Gasteiger partial charge in [0.25, 0.3) is 0 Å². The maximum atomic E-state index is 3.96. The molecule has 0 aliphatic carbocycles. The third-order valence-electron chi connectivity index (χ3n) is 2.47. The molecule has 1 nitrogen and oxygen atoms in total. The topological polar surface area (TPSA) is 12.0 Å². The largest absolute Gasteiger partial charge is 0.314 e. The van der Waals surface area contributed by atoms with E-state index in [2.05, 4.69) is 42.6 Å². The number of likely N-dealkylation sites (N-methyl/N-ethyl adjacent to an activating group) is 1. The van der Waals surface area contributed by atoms with Crippen molar-refractivity contribution in [3.05, 3.63) is 34.5 Å². The highest BCUT2D eigenvalue weighted by atomic mass is 32.1. The summed E-state index contributed by atoms with van der Waals surface area (Å²) >= 11 is 1.78. The van der Waals surface area contributed by atoms with Gasteiger partial charge in [-0.2, -0.15) is 11.3 Å². The molecule has 1 aromatic rings. The van der Waals surface area contributed by atoms with Gasteiger partial charge in [0.15, 0.2) is 0 Å². The van der Waals surface area contributed by atoms with Crippen molar-refractivity contribution >= 4 is 11.3 Å². The van der Waals surface area contributed by atoms with Gasteiger partial charge in [0.05, 0.1) is 0 Å². The zero-order valence-electron chi connectivity index (χ0n) is 9.75. The molecule has 1 atom stereocenters. The van der Waals surface area contributed by atoms with Crippen LogP contribution < -0.4 is 5.32 Å². The Morgan fingerprint density at radius 2 is 2.40 bits per heavy atom. The first-order valence-corrected chi connectivity index (χ1v) is 6.55. The summed E-state index contributed by atoms with van der Waals surface area (Å²) in [6, 6.07) is 2.82. The first kappa shape index (κ1) is 12.5. The third kappa shape index (κ3) is 5.14. The molecule has 1 aromatic heterocycles. The fourth-order valence-electron chi connectivity index (χ4n) is 1.68. The minimum absolute atomic E-state index is 0.598. The van der Waals surface area contributed by atoms with Crippen LogP contribution in [0.3, 0.4) is 0 Å². The molecule has 0 aliphatic rings. The minimum atomic E-state index is 0.598. The van der Waals surface area contributed by atoms with Crippen molar-refractivity contribution in [2.24, 2.45) is 0 Å². The fourth-order valence-corrected chi connectivity index (χ4v) is 2.36. The lowest BCUT2D eigenvalue weighted by atomic mass is 10.0. The molecule has 0 bridgehead atoms. The molecule has 1 unspecified atom stereocenters. The van der Waals surface area contributed by atoms with Crippen LogP contribution in [-0.2, 0) is 6.42 Å². The van der Waals surface area contributed by atoms with Gasteiger partial charge in [-0.1, -0.05) is 12.5 Å². The molecule has 2 heteroatoms. The molecule has 0 saturated heterocycles. The second kappa shape index (κ2) is 6.81. The predicted octanol–water partition coefficient (Wildman–Crippen LogP) is 3.63. The van der Waals surface area contributed by atoms with Gasteiger partial charge < -0.3 is 5.32 Å². The van der Waals surface area contributed by atoms with E-state index in [4.69, 9.17) is 0 Å². The molecule has 1 N–H and O–H groups in total. The molecule has 15 heavy (non-hydrogen) atoms. The molecule has 0 aliphatic heterocycles. The van der Waals surface area contributed by atoms with Crippen LogP contribution in [-0.4, -0.2) is 12.6 Å². The van der Waals surface area contributed by atoms with E-state index in [1.165, 1.54) is 17.6 Å². The molecule has 1 heterocycles. The van der Waals surface area contributed by atoms with Crippen molar-refractivity contribution in [2.75, 3.05) is 6.54 Å². The zero-order valence-corrected chi connectivity index (χ0v) is 10.6. The highest BCUT2D eigenvalue weighted by molar-refractivity contribution is 7.07. The maximum Gasteiger partial charge on any atom is 0.0111 e. The van der Waals surface area contributed by atoms with Crippen molar-refractivity contribution in [1.82, 2.24) is 5.32 Å². The van der Waals surface area contributed by atoms with Crippen LogP contribution in [0.5, 0.6) is 0 Å². The molecule has 0 radical (unpaired) electrons. The average molecular weight is 223 g/mol. The summed E-state index contributed by atoms with van der Waals surface area (Å²) in [5.74, 6) is 0. The predicted molar refractivity (Wildman–Crippen MR) is 69.5 cm³/mol. The van der Waals surface area contributed by atoms with E-state index in [1.807, 2.05) is 0 Å². The molecule has 0 amide bonds. The number of allylic oxidation sites excluding steroid dienone is 1. The monoisotopic (exact) mass is 223 g/mol.